The lowest BCUT2D eigenvalue weighted by Crippen LogP contribution is -2.34. The van der Waals surface area contributed by atoms with Gasteiger partial charge in [0.1, 0.15) is 6.33 Å². The molecule has 0 unspecified atom stereocenters. The van der Waals surface area contributed by atoms with E-state index in [0.717, 1.165) is 30.2 Å². The first kappa shape index (κ1) is 11.5. The summed E-state index contributed by atoms with van der Waals surface area (Å²) in [5.41, 5.74) is 1.74. The van der Waals surface area contributed by atoms with Crippen LogP contribution in [-0.4, -0.2) is 26.4 Å². The molecule has 1 aromatic carbocycles. The molecule has 6 heteroatoms. The van der Waals surface area contributed by atoms with Gasteiger partial charge in [-0.2, -0.15) is 0 Å². The number of anilines is 1. The van der Waals surface area contributed by atoms with Gasteiger partial charge in [0.15, 0.2) is 5.82 Å². The van der Waals surface area contributed by atoms with Crippen molar-refractivity contribution < 1.29 is 5.11 Å². The number of aliphatic hydroxyl groups excluding tert-OH is 1. The summed E-state index contributed by atoms with van der Waals surface area (Å²) in [4.78, 5) is 2.14. The van der Waals surface area contributed by atoms with Crippen LogP contribution in [0, 0.1) is 0 Å². The number of benzene rings is 1. The average molecular weight is 265 g/mol. The first-order valence-electron chi connectivity index (χ1n) is 5.79. The zero-order valence-electron chi connectivity index (χ0n) is 9.75. The first-order chi connectivity index (χ1) is 8.79. The van der Waals surface area contributed by atoms with E-state index in [9.17, 15) is 5.11 Å². The molecule has 0 amide bonds. The predicted molar refractivity (Wildman–Crippen MR) is 68.4 cm³/mol. The third kappa shape index (κ3) is 1.85. The molecule has 1 N–H and O–H groups in total. The van der Waals surface area contributed by atoms with Crippen LogP contribution in [0.3, 0.4) is 0 Å². The van der Waals surface area contributed by atoms with Gasteiger partial charge in [-0.1, -0.05) is 23.7 Å². The van der Waals surface area contributed by atoms with Crippen molar-refractivity contribution in [3.8, 4) is 0 Å². The largest absolute Gasteiger partial charge is 0.392 e. The highest BCUT2D eigenvalue weighted by Gasteiger charge is 2.21. The summed E-state index contributed by atoms with van der Waals surface area (Å²) in [7, 11) is 0. The number of para-hydroxylation sites is 1. The molecule has 0 saturated heterocycles. The van der Waals surface area contributed by atoms with Crippen molar-refractivity contribution in [1.82, 2.24) is 14.8 Å². The summed E-state index contributed by atoms with van der Waals surface area (Å²) >= 11 is 6.25. The number of halogens is 1. The topological polar surface area (TPSA) is 54.2 Å². The molecule has 2 aromatic rings. The minimum absolute atomic E-state index is 0.0148. The van der Waals surface area contributed by atoms with Crippen LogP contribution in [0.15, 0.2) is 24.5 Å². The molecule has 18 heavy (non-hydrogen) atoms. The molecule has 0 fully saturated rings. The second-order valence-corrected chi connectivity index (χ2v) is 4.67. The Morgan fingerprint density at radius 1 is 1.33 bits per heavy atom. The zero-order valence-corrected chi connectivity index (χ0v) is 10.5. The molecule has 0 bridgehead atoms. The van der Waals surface area contributed by atoms with Crippen LogP contribution < -0.4 is 4.90 Å². The van der Waals surface area contributed by atoms with Crippen LogP contribution in [0.5, 0.6) is 0 Å². The normalized spacial score (nSPS) is 14.7. The third-order valence-corrected chi connectivity index (χ3v) is 3.50. The van der Waals surface area contributed by atoms with E-state index < -0.39 is 0 Å². The summed E-state index contributed by atoms with van der Waals surface area (Å²) in [6, 6.07) is 5.58. The van der Waals surface area contributed by atoms with Gasteiger partial charge < -0.3 is 14.6 Å². The van der Waals surface area contributed by atoms with Gasteiger partial charge in [-0.3, -0.25) is 0 Å². The average Bonchev–Trinajstić information content (AvgIpc) is 2.85. The van der Waals surface area contributed by atoms with E-state index in [0.29, 0.717) is 11.6 Å². The highest BCUT2D eigenvalue weighted by molar-refractivity contribution is 6.33. The lowest BCUT2D eigenvalue weighted by molar-refractivity contribution is 0.282. The smallest absolute Gasteiger partial charge is 0.152 e. The van der Waals surface area contributed by atoms with E-state index in [4.69, 9.17) is 11.6 Å². The fraction of sp³-hybridized carbons (Fsp3) is 0.333. The van der Waals surface area contributed by atoms with Crippen molar-refractivity contribution in [2.75, 3.05) is 11.4 Å². The highest BCUT2D eigenvalue weighted by atomic mass is 35.5. The lowest BCUT2D eigenvalue weighted by atomic mass is 10.1. The number of aromatic nitrogens is 3. The molecule has 0 aliphatic carbocycles. The van der Waals surface area contributed by atoms with Crippen molar-refractivity contribution >= 4 is 17.3 Å². The Labute approximate surface area is 110 Å². The predicted octanol–water partition coefficient (Wildman–Crippen LogP) is 1.44. The minimum atomic E-state index is -0.0148. The number of hydrogen-bond donors (Lipinski definition) is 1. The molecule has 2 heterocycles. The number of rotatable bonds is 2. The molecule has 1 aliphatic heterocycles. The maximum Gasteiger partial charge on any atom is 0.152 e. The number of fused-ring (bicyclic) bond motifs is 1. The minimum Gasteiger partial charge on any atom is -0.392 e. The van der Waals surface area contributed by atoms with Gasteiger partial charge in [0.2, 0.25) is 0 Å². The third-order valence-electron chi connectivity index (χ3n) is 3.20. The fourth-order valence-corrected chi connectivity index (χ4v) is 2.61. The van der Waals surface area contributed by atoms with Crippen LogP contribution in [0.4, 0.5) is 5.69 Å². The van der Waals surface area contributed by atoms with Crippen molar-refractivity contribution in [2.45, 2.75) is 19.7 Å². The molecule has 0 spiro atoms. The number of aliphatic hydroxyl groups is 1. The highest BCUT2D eigenvalue weighted by Crippen LogP contribution is 2.32. The summed E-state index contributed by atoms with van der Waals surface area (Å²) in [6.45, 7) is 2.32. The molecular weight excluding hydrogens is 252 g/mol. The maximum atomic E-state index is 9.41. The molecule has 1 aliphatic rings. The Morgan fingerprint density at radius 2 is 2.22 bits per heavy atom. The van der Waals surface area contributed by atoms with E-state index in [-0.39, 0.29) is 6.61 Å². The Balaban J connectivity index is 1.97. The van der Waals surface area contributed by atoms with Gasteiger partial charge in [-0.15, -0.1) is 10.2 Å². The Kier molecular flexibility index (Phi) is 2.93. The molecule has 3 rings (SSSR count). The van der Waals surface area contributed by atoms with E-state index in [1.807, 2.05) is 22.8 Å². The molecule has 0 radical (unpaired) electrons. The van der Waals surface area contributed by atoms with Gasteiger partial charge in [0.05, 0.1) is 23.9 Å². The van der Waals surface area contributed by atoms with E-state index >= 15 is 0 Å². The van der Waals surface area contributed by atoms with Crippen LogP contribution in [0.25, 0.3) is 0 Å². The van der Waals surface area contributed by atoms with Gasteiger partial charge in [-0.05, 0) is 6.07 Å². The molecular formula is C12H13ClN4O. The molecule has 0 atom stereocenters. The van der Waals surface area contributed by atoms with E-state index in [1.54, 1.807) is 6.33 Å². The summed E-state index contributed by atoms with van der Waals surface area (Å²) in [5.74, 6) is 0.921. The number of nitrogens with zero attached hydrogens (tertiary/aromatic N) is 4. The van der Waals surface area contributed by atoms with E-state index in [2.05, 4.69) is 15.1 Å². The molecule has 0 saturated carbocycles. The van der Waals surface area contributed by atoms with Gasteiger partial charge in [0.25, 0.3) is 0 Å². The lowest BCUT2D eigenvalue weighted by Gasteiger charge is -2.31. The van der Waals surface area contributed by atoms with Gasteiger partial charge >= 0.3 is 0 Å². The fourth-order valence-electron chi connectivity index (χ4n) is 2.30. The Hall–Kier alpha value is -1.59. The second-order valence-electron chi connectivity index (χ2n) is 4.27. The monoisotopic (exact) mass is 264 g/mol. The number of hydrogen-bond acceptors (Lipinski definition) is 4. The zero-order chi connectivity index (χ0) is 12.5. The Morgan fingerprint density at radius 3 is 3.06 bits per heavy atom. The summed E-state index contributed by atoms with van der Waals surface area (Å²) in [5, 5.41) is 18.1. The molecule has 1 aromatic heterocycles. The summed E-state index contributed by atoms with van der Waals surface area (Å²) in [6.07, 6.45) is 1.74. The standard InChI is InChI=1S/C12H13ClN4O/c13-10-3-1-2-9(7-18)12(10)16-4-5-17-8-14-15-11(17)6-16/h1-3,8,18H,4-7H2. The maximum absolute atomic E-state index is 9.41. The van der Waals surface area contributed by atoms with Gasteiger partial charge in [0, 0.05) is 18.7 Å². The van der Waals surface area contributed by atoms with Crippen LogP contribution in [0.2, 0.25) is 5.02 Å². The van der Waals surface area contributed by atoms with Crippen LogP contribution in [-0.2, 0) is 19.7 Å². The van der Waals surface area contributed by atoms with E-state index in [1.165, 1.54) is 0 Å². The quantitative estimate of drug-likeness (QED) is 0.892. The summed E-state index contributed by atoms with van der Waals surface area (Å²) < 4.78 is 2.03. The SMILES string of the molecule is OCc1cccc(Cl)c1N1CCn2cnnc2C1. The molecule has 94 valence electrons. The molecule has 5 nitrogen and oxygen atoms in total. The van der Waals surface area contributed by atoms with Gasteiger partial charge in [-0.25, -0.2) is 0 Å². The van der Waals surface area contributed by atoms with Crippen molar-refractivity contribution in [3.05, 3.63) is 40.9 Å². The van der Waals surface area contributed by atoms with Crippen LogP contribution in [0.1, 0.15) is 11.4 Å². The first-order valence-corrected chi connectivity index (χ1v) is 6.17. The Bertz CT molecular complexity index is 569. The van der Waals surface area contributed by atoms with Crippen molar-refractivity contribution in [2.24, 2.45) is 0 Å². The van der Waals surface area contributed by atoms with Crippen LogP contribution >= 0.6 is 11.6 Å². The van der Waals surface area contributed by atoms with Crippen molar-refractivity contribution in [1.29, 1.82) is 0 Å². The van der Waals surface area contributed by atoms with Crippen molar-refractivity contribution in [3.63, 3.8) is 0 Å². The second kappa shape index (κ2) is 4.59.